The number of nitrogens with one attached hydrogen (secondary N) is 1. The number of carbonyl (C=O) groups is 2. The topological polar surface area (TPSA) is 96.0 Å². The highest BCUT2D eigenvalue weighted by atomic mass is 32.2. The Morgan fingerprint density at radius 2 is 1.69 bits per heavy atom. The number of carbonyl (C=O) groups excluding carboxylic acids is 2. The van der Waals surface area contributed by atoms with Gasteiger partial charge in [-0.05, 0) is 43.4 Å². The Morgan fingerprint density at radius 1 is 1.06 bits per heavy atom. The molecule has 0 unspecified atom stereocenters. The summed E-state index contributed by atoms with van der Waals surface area (Å²) in [6.45, 7) is 1.74. The molecule has 1 atom stereocenters. The van der Waals surface area contributed by atoms with E-state index in [9.17, 15) is 18.0 Å². The summed E-state index contributed by atoms with van der Waals surface area (Å²) < 4.78 is 31.9. The monoisotopic (exact) mass is 515 g/mol. The number of hydrogen-bond acceptors (Lipinski definition) is 5. The number of para-hydroxylation sites is 2. The summed E-state index contributed by atoms with van der Waals surface area (Å²) in [5, 5.41) is 3.11. The second kappa shape index (κ2) is 12.8. The van der Waals surface area contributed by atoms with Gasteiger partial charge in [-0.25, -0.2) is 8.42 Å². The van der Waals surface area contributed by atoms with Crippen LogP contribution in [0, 0.1) is 0 Å². The van der Waals surface area contributed by atoms with Crippen molar-refractivity contribution in [2.24, 2.45) is 0 Å². The first-order chi connectivity index (χ1) is 17.2. The van der Waals surface area contributed by atoms with E-state index < -0.39 is 28.5 Å². The summed E-state index contributed by atoms with van der Waals surface area (Å²) in [4.78, 5) is 28.6. The number of anilines is 1. The fraction of sp³-hybridized carbons (Fsp3) is 0.481. The predicted molar refractivity (Wildman–Crippen MR) is 142 cm³/mol. The first kappa shape index (κ1) is 27.5. The molecule has 0 aliphatic heterocycles. The summed E-state index contributed by atoms with van der Waals surface area (Å²) in [6, 6.07) is 15.8. The van der Waals surface area contributed by atoms with E-state index in [0.29, 0.717) is 25.1 Å². The van der Waals surface area contributed by atoms with Crippen molar-refractivity contribution in [1.29, 1.82) is 0 Å². The predicted octanol–water partition coefficient (Wildman–Crippen LogP) is 3.37. The van der Waals surface area contributed by atoms with Crippen molar-refractivity contribution in [3.05, 3.63) is 60.2 Å². The number of ether oxygens (including phenoxy) is 1. The summed E-state index contributed by atoms with van der Waals surface area (Å²) in [5.41, 5.74) is 1.31. The molecule has 8 nitrogen and oxygen atoms in total. The van der Waals surface area contributed by atoms with E-state index in [-0.39, 0.29) is 17.6 Å². The van der Waals surface area contributed by atoms with Crippen LogP contribution in [-0.4, -0.2) is 63.7 Å². The number of amides is 2. The molecule has 36 heavy (non-hydrogen) atoms. The van der Waals surface area contributed by atoms with Gasteiger partial charge in [0.05, 0.1) is 19.1 Å². The summed E-state index contributed by atoms with van der Waals surface area (Å²) >= 11 is 0. The SMILES string of the molecule is CC[C@H](C(=O)NC1CCCC1)N(CCc1ccccc1)C(=O)CN(c1ccccc1OC)S(C)(=O)=O. The van der Waals surface area contributed by atoms with Gasteiger partial charge in [0, 0.05) is 12.6 Å². The van der Waals surface area contributed by atoms with Gasteiger partial charge in [-0.15, -0.1) is 0 Å². The van der Waals surface area contributed by atoms with Crippen LogP contribution in [0.4, 0.5) is 5.69 Å². The first-order valence-corrected chi connectivity index (χ1v) is 14.3. The molecule has 0 aromatic heterocycles. The molecule has 1 saturated carbocycles. The van der Waals surface area contributed by atoms with E-state index in [1.165, 1.54) is 12.0 Å². The maximum absolute atomic E-state index is 13.7. The third-order valence-electron chi connectivity index (χ3n) is 6.60. The highest BCUT2D eigenvalue weighted by molar-refractivity contribution is 7.92. The van der Waals surface area contributed by atoms with Crippen LogP contribution in [0.5, 0.6) is 5.75 Å². The quantitative estimate of drug-likeness (QED) is 0.468. The van der Waals surface area contributed by atoms with Crippen LogP contribution in [0.15, 0.2) is 54.6 Å². The van der Waals surface area contributed by atoms with Crippen LogP contribution in [-0.2, 0) is 26.0 Å². The van der Waals surface area contributed by atoms with E-state index in [2.05, 4.69) is 5.32 Å². The molecule has 0 bridgehead atoms. The zero-order valence-electron chi connectivity index (χ0n) is 21.4. The van der Waals surface area contributed by atoms with Crippen molar-refractivity contribution in [3.63, 3.8) is 0 Å². The molecular weight excluding hydrogens is 478 g/mol. The minimum atomic E-state index is -3.81. The van der Waals surface area contributed by atoms with Crippen molar-refractivity contribution in [2.75, 3.05) is 30.8 Å². The van der Waals surface area contributed by atoms with E-state index >= 15 is 0 Å². The fourth-order valence-corrected chi connectivity index (χ4v) is 5.55. The average molecular weight is 516 g/mol. The second-order valence-corrected chi connectivity index (χ2v) is 11.1. The zero-order chi connectivity index (χ0) is 26.1. The number of sulfonamides is 1. The molecular formula is C27H37N3O5S. The largest absolute Gasteiger partial charge is 0.495 e. The second-order valence-electron chi connectivity index (χ2n) is 9.18. The van der Waals surface area contributed by atoms with Gasteiger partial charge in [-0.2, -0.15) is 0 Å². The molecule has 1 aliphatic carbocycles. The lowest BCUT2D eigenvalue weighted by atomic mass is 10.1. The maximum Gasteiger partial charge on any atom is 0.244 e. The van der Waals surface area contributed by atoms with Crippen LogP contribution in [0.25, 0.3) is 0 Å². The van der Waals surface area contributed by atoms with E-state index in [1.54, 1.807) is 24.3 Å². The lowest BCUT2D eigenvalue weighted by molar-refractivity contribution is -0.139. The Bertz CT molecular complexity index is 1120. The van der Waals surface area contributed by atoms with Crippen LogP contribution < -0.4 is 14.4 Å². The van der Waals surface area contributed by atoms with Gasteiger partial charge < -0.3 is 15.0 Å². The van der Waals surface area contributed by atoms with Gasteiger partial charge in [0.1, 0.15) is 18.3 Å². The highest BCUT2D eigenvalue weighted by Gasteiger charge is 2.33. The average Bonchev–Trinajstić information content (AvgIpc) is 3.37. The Hall–Kier alpha value is -3.07. The van der Waals surface area contributed by atoms with Crippen LogP contribution >= 0.6 is 0 Å². The van der Waals surface area contributed by atoms with Crippen molar-refractivity contribution >= 4 is 27.5 Å². The van der Waals surface area contributed by atoms with Gasteiger partial charge in [-0.1, -0.05) is 62.2 Å². The summed E-state index contributed by atoms with van der Waals surface area (Å²) in [7, 11) is -2.36. The molecule has 9 heteroatoms. The van der Waals surface area contributed by atoms with Crippen LogP contribution in [0.3, 0.4) is 0 Å². The lowest BCUT2D eigenvalue weighted by Crippen LogP contribution is -2.54. The number of benzene rings is 2. The molecule has 196 valence electrons. The Kier molecular flexibility index (Phi) is 9.75. The normalized spacial score (nSPS) is 14.8. The minimum absolute atomic E-state index is 0.124. The smallest absolute Gasteiger partial charge is 0.244 e. The van der Waals surface area contributed by atoms with Crippen molar-refractivity contribution in [3.8, 4) is 5.75 Å². The van der Waals surface area contributed by atoms with Crippen LogP contribution in [0.1, 0.15) is 44.6 Å². The van der Waals surface area contributed by atoms with Gasteiger partial charge in [0.2, 0.25) is 21.8 Å². The third-order valence-corrected chi connectivity index (χ3v) is 7.73. The molecule has 2 amide bonds. The third kappa shape index (κ3) is 7.22. The Morgan fingerprint density at radius 3 is 2.31 bits per heavy atom. The molecule has 0 radical (unpaired) electrons. The van der Waals surface area contributed by atoms with Gasteiger partial charge in [-0.3, -0.25) is 13.9 Å². The molecule has 2 aromatic carbocycles. The van der Waals surface area contributed by atoms with Crippen molar-refractivity contribution < 1.29 is 22.7 Å². The summed E-state index contributed by atoms with van der Waals surface area (Å²) in [5.74, 6) is -0.276. The molecule has 2 aromatic rings. The van der Waals surface area contributed by atoms with Gasteiger partial charge >= 0.3 is 0 Å². The van der Waals surface area contributed by atoms with Crippen molar-refractivity contribution in [1.82, 2.24) is 10.2 Å². The number of rotatable bonds is 12. The van der Waals surface area contributed by atoms with Crippen LogP contribution in [0.2, 0.25) is 0 Å². The molecule has 1 N–H and O–H groups in total. The minimum Gasteiger partial charge on any atom is -0.495 e. The lowest BCUT2D eigenvalue weighted by Gasteiger charge is -2.33. The molecule has 1 fully saturated rings. The Balaban J connectivity index is 1.88. The summed E-state index contributed by atoms with van der Waals surface area (Å²) in [6.07, 6.45) is 6.08. The maximum atomic E-state index is 13.7. The van der Waals surface area contributed by atoms with Gasteiger partial charge in [0.15, 0.2) is 0 Å². The number of hydrogen-bond donors (Lipinski definition) is 1. The fourth-order valence-electron chi connectivity index (χ4n) is 4.69. The van der Waals surface area contributed by atoms with Crippen molar-refractivity contribution in [2.45, 2.75) is 57.5 Å². The molecule has 0 spiro atoms. The van der Waals surface area contributed by atoms with Gasteiger partial charge in [0.25, 0.3) is 0 Å². The number of nitrogens with zero attached hydrogens (tertiary/aromatic N) is 2. The van der Waals surface area contributed by atoms with E-state index in [4.69, 9.17) is 4.74 Å². The zero-order valence-corrected chi connectivity index (χ0v) is 22.2. The molecule has 0 heterocycles. The standard InChI is InChI=1S/C27H37N3O5S/c1-4-23(27(32)28-22-14-8-9-15-22)29(19-18-21-12-6-5-7-13-21)26(31)20-30(36(3,33)34)24-16-10-11-17-25(24)35-2/h5-7,10-13,16-17,22-23H,4,8-9,14-15,18-20H2,1-3H3,(H,28,32)/t23-/m1/s1. The first-order valence-electron chi connectivity index (χ1n) is 12.5. The Labute approximate surface area is 214 Å². The van der Waals surface area contributed by atoms with E-state index in [1.807, 2.05) is 37.3 Å². The molecule has 1 aliphatic rings. The molecule has 3 rings (SSSR count). The molecule has 0 saturated heterocycles. The number of methoxy groups -OCH3 is 1. The highest BCUT2D eigenvalue weighted by Crippen LogP contribution is 2.29. The van der Waals surface area contributed by atoms with E-state index in [0.717, 1.165) is 41.8 Å².